The molecule has 1 amide bonds. The molecule has 1 saturated heterocycles. The van der Waals surface area contributed by atoms with E-state index in [4.69, 9.17) is 4.74 Å². The lowest BCUT2D eigenvalue weighted by molar-refractivity contribution is -0.0221. The van der Waals surface area contributed by atoms with Gasteiger partial charge in [0.2, 0.25) is 0 Å². The zero-order chi connectivity index (χ0) is 18.2. The first-order valence-electron chi connectivity index (χ1n) is 9.01. The van der Waals surface area contributed by atoms with Gasteiger partial charge in [-0.05, 0) is 34.5 Å². The van der Waals surface area contributed by atoms with Gasteiger partial charge in [0.1, 0.15) is 6.10 Å². The lowest BCUT2D eigenvalue weighted by Gasteiger charge is -2.33. The molecule has 27 heavy (non-hydrogen) atoms. The minimum Gasteiger partial charge on any atom is -0.370 e. The fourth-order valence-electron chi connectivity index (χ4n) is 3.72. The number of hydrogen-bond acceptors (Lipinski definition) is 4. The van der Waals surface area contributed by atoms with E-state index in [1.807, 2.05) is 40.7 Å². The molecule has 5 rings (SSSR count). The zero-order valence-electron chi connectivity index (χ0n) is 14.7. The second-order valence-electron chi connectivity index (χ2n) is 6.71. The molecule has 1 aliphatic heterocycles. The SMILES string of the molecule is O=C(c1ccc2ncsc2c1)N1CCOC(c2cccc3ccccc23)C1. The summed E-state index contributed by atoms with van der Waals surface area (Å²) in [5, 5.41) is 2.38. The second kappa shape index (κ2) is 6.76. The maximum Gasteiger partial charge on any atom is 0.254 e. The molecule has 0 N–H and O–H groups in total. The third kappa shape index (κ3) is 2.99. The summed E-state index contributed by atoms with van der Waals surface area (Å²) < 4.78 is 7.09. The Labute approximate surface area is 161 Å². The molecule has 1 aromatic heterocycles. The summed E-state index contributed by atoms with van der Waals surface area (Å²) in [5.41, 5.74) is 4.60. The number of carbonyl (C=O) groups is 1. The first-order valence-corrected chi connectivity index (χ1v) is 9.89. The summed E-state index contributed by atoms with van der Waals surface area (Å²) in [4.78, 5) is 19.2. The van der Waals surface area contributed by atoms with Crippen molar-refractivity contribution in [2.45, 2.75) is 6.10 Å². The molecule has 4 aromatic rings. The van der Waals surface area contributed by atoms with Crippen LogP contribution in [0.25, 0.3) is 21.0 Å². The van der Waals surface area contributed by atoms with E-state index >= 15 is 0 Å². The topological polar surface area (TPSA) is 42.4 Å². The Morgan fingerprint density at radius 2 is 2.00 bits per heavy atom. The van der Waals surface area contributed by atoms with Crippen molar-refractivity contribution in [3.63, 3.8) is 0 Å². The van der Waals surface area contributed by atoms with Crippen LogP contribution in [0.4, 0.5) is 0 Å². The second-order valence-corrected chi connectivity index (χ2v) is 7.60. The van der Waals surface area contributed by atoms with Crippen molar-refractivity contribution in [3.8, 4) is 0 Å². The smallest absolute Gasteiger partial charge is 0.254 e. The van der Waals surface area contributed by atoms with Crippen LogP contribution < -0.4 is 0 Å². The first kappa shape index (κ1) is 16.4. The first-order chi connectivity index (χ1) is 13.3. The highest BCUT2D eigenvalue weighted by molar-refractivity contribution is 7.16. The molecule has 0 aliphatic carbocycles. The summed E-state index contributed by atoms with van der Waals surface area (Å²) in [6.45, 7) is 1.72. The van der Waals surface area contributed by atoms with Crippen molar-refractivity contribution in [2.75, 3.05) is 19.7 Å². The molecule has 134 valence electrons. The summed E-state index contributed by atoms with van der Waals surface area (Å²) in [6, 6.07) is 20.3. The van der Waals surface area contributed by atoms with Crippen LogP contribution in [-0.4, -0.2) is 35.5 Å². The van der Waals surface area contributed by atoms with Gasteiger partial charge < -0.3 is 9.64 Å². The average molecular weight is 374 g/mol. The quantitative estimate of drug-likeness (QED) is 0.512. The average Bonchev–Trinajstić information content (AvgIpc) is 3.21. The summed E-state index contributed by atoms with van der Waals surface area (Å²) in [6.07, 6.45) is -0.110. The number of amides is 1. The summed E-state index contributed by atoms with van der Waals surface area (Å²) in [7, 11) is 0. The van der Waals surface area contributed by atoms with Gasteiger partial charge in [0.05, 0.1) is 28.9 Å². The largest absolute Gasteiger partial charge is 0.370 e. The van der Waals surface area contributed by atoms with Gasteiger partial charge >= 0.3 is 0 Å². The highest BCUT2D eigenvalue weighted by Gasteiger charge is 2.27. The van der Waals surface area contributed by atoms with Gasteiger partial charge in [-0.1, -0.05) is 42.5 Å². The number of benzene rings is 3. The van der Waals surface area contributed by atoms with E-state index in [2.05, 4.69) is 35.3 Å². The Morgan fingerprint density at radius 3 is 2.96 bits per heavy atom. The highest BCUT2D eigenvalue weighted by atomic mass is 32.1. The molecule has 0 saturated carbocycles. The summed E-state index contributed by atoms with van der Waals surface area (Å²) in [5.74, 6) is 0.0545. The van der Waals surface area contributed by atoms with Crippen LogP contribution in [0.3, 0.4) is 0 Å². The van der Waals surface area contributed by atoms with E-state index in [1.54, 1.807) is 11.3 Å². The van der Waals surface area contributed by atoms with Crippen molar-refractivity contribution < 1.29 is 9.53 Å². The number of fused-ring (bicyclic) bond motifs is 2. The molecular formula is C22H18N2O2S. The van der Waals surface area contributed by atoms with Crippen LogP contribution in [0, 0.1) is 0 Å². The number of thiazole rings is 1. The number of morpholine rings is 1. The maximum atomic E-state index is 13.1. The monoisotopic (exact) mass is 374 g/mol. The number of aromatic nitrogens is 1. The van der Waals surface area contributed by atoms with Gasteiger partial charge in [-0.15, -0.1) is 11.3 Å². The van der Waals surface area contributed by atoms with Crippen molar-refractivity contribution in [2.24, 2.45) is 0 Å². The number of nitrogens with zero attached hydrogens (tertiary/aromatic N) is 2. The standard InChI is InChI=1S/C22H18N2O2S/c25-22(16-8-9-19-21(12-16)27-14-23-19)24-10-11-26-20(13-24)18-7-3-5-15-4-1-2-6-17(15)18/h1-9,12,14,20H,10-11,13H2. The lowest BCUT2D eigenvalue weighted by Crippen LogP contribution is -2.42. The summed E-state index contributed by atoms with van der Waals surface area (Å²) >= 11 is 1.56. The minimum absolute atomic E-state index is 0.0545. The fourth-order valence-corrected chi connectivity index (χ4v) is 4.44. The van der Waals surface area contributed by atoms with Crippen LogP contribution in [-0.2, 0) is 4.74 Å². The number of carbonyl (C=O) groups excluding carboxylic acids is 1. The van der Waals surface area contributed by atoms with Gasteiger partial charge in [0.25, 0.3) is 5.91 Å². The van der Waals surface area contributed by atoms with Gasteiger partial charge in [0, 0.05) is 12.1 Å². The van der Waals surface area contributed by atoms with Crippen LogP contribution in [0.15, 0.2) is 66.2 Å². The predicted octanol–water partition coefficient (Wildman–Crippen LogP) is 4.66. The molecule has 0 radical (unpaired) electrons. The molecule has 1 fully saturated rings. The third-order valence-corrected chi connectivity index (χ3v) is 5.89. The molecule has 5 heteroatoms. The molecule has 0 bridgehead atoms. The van der Waals surface area contributed by atoms with Gasteiger partial charge in [0.15, 0.2) is 0 Å². The Bertz CT molecular complexity index is 1130. The molecule has 4 nitrogen and oxygen atoms in total. The minimum atomic E-state index is -0.110. The van der Waals surface area contributed by atoms with Crippen LogP contribution in [0.1, 0.15) is 22.0 Å². The lowest BCUT2D eigenvalue weighted by atomic mass is 9.99. The Hall–Kier alpha value is -2.76. The van der Waals surface area contributed by atoms with Gasteiger partial charge in [-0.3, -0.25) is 4.79 Å². The Morgan fingerprint density at radius 1 is 1.11 bits per heavy atom. The van der Waals surface area contributed by atoms with E-state index in [9.17, 15) is 4.79 Å². The maximum absolute atomic E-state index is 13.1. The molecule has 2 heterocycles. The van der Waals surface area contributed by atoms with Crippen molar-refractivity contribution in [3.05, 3.63) is 77.3 Å². The van der Waals surface area contributed by atoms with Crippen LogP contribution >= 0.6 is 11.3 Å². The number of rotatable bonds is 2. The van der Waals surface area contributed by atoms with Crippen molar-refractivity contribution >= 4 is 38.2 Å². The van der Waals surface area contributed by atoms with E-state index in [-0.39, 0.29) is 12.0 Å². The molecule has 1 aliphatic rings. The zero-order valence-corrected chi connectivity index (χ0v) is 15.5. The normalized spacial score (nSPS) is 17.5. The molecule has 3 aromatic carbocycles. The van der Waals surface area contributed by atoms with Crippen LogP contribution in [0.2, 0.25) is 0 Å². The molecular weight excluding hydrogens is 356 g/mol. The third-order valence-electron chi connectivity index (χ3n) is 5.10. The van der Waals surface area contributed by atoms with Crippen LogP contribution in [0.5, 0.6) is 0 Å². The van der Waals surface area contributed by atoms with Crippen molar-refractivity contribution in [1.82, 2.24) is 9.88 Å². The van der Waals surface area contributed by atoms with Crippen molar-refractivity contribution in [1.29, 1.82) is 0 Å². The van der Waals surface area contributed by atoms with Gasteiger partial charge in [-0.2, -0.15) is 0 Å². The highest BCUT2D eigenvalue weighted by Crippen LogP contribution is 2.30. The number of ether oxygens (including phenoxy) is 1. The molecule has 0 spiro atoms. The van der Waals surface area contributed by atoms with Gasteiger partial charge in [-0.25, -0.2) is 4.98 Å². The number of hydrogen-bond donors (Lipinski definition) is 0. The fraction of sp³-hybridized carbons (Fsp3) is 0.182. The van der Waals surface area contributed by atoms with E-state index in [0.717, 1.165) is 15.8 Å². The predicted molar refractivity (Wildman–Crippen MR) is 108 cm³/mol. The Kier molecular flexibility index (Phi) is 4.11. The van der Waals surface area contributed by atoms with E-state index in [0.29, 0.717) is 25.3 Å². The Balaban J connectivity index is 1.44. The molecule has 1 atom stereocenters. The molecule has 1 unspecified atom stereocenters. The van der Waals surface area contributed by atoms with E-state index < -0.39 is 0 Å². The van der Waals surface area contributed by atoms with E-state index in [1.165, 1.54) is 10.8 Å².